The Kier molecular flexibility index (Phi) is 3.79. The van der Waals surface area contributed by atoms with E-state index in [2.05, 4.69) is 42.3 Å². The molecule has 0 bridgehead atoms. The molecule has 2 aliphatic heterocycles. The van der Waals surface area contributed by atoms with Gasteiger partial charge < -0.3 is 10.2 Å². The second-order valence-corrected chi connectivity index (χ2v) is 6.41. The second-order valence-electron chi connectivity index (χ2n) is 6.41. The standard InChI is InChI=1S/C17H24N2O/c1-12(2)14-8-10-19(11-14)17(20)16-15-6-4-3-5-13(15)7-9-18-16/h3-6,12,14,16,18H,7-11H2,1-2H3. The molecular formula is C17H24N2O. The molecule has 20 heavy (non-hydrogen) atoms. The molecule has 0 saturated carbocycles. The van der Waals surface area contributed by atoms with E-state index >= 15 is 0 Å². The molecular weight excluding hydrogens is 248 g/mol. The minimum atomic E-state index is -0.133. The number of carbonyl (C=O) groups excluding carboxylic acids is 1. The van der Waals surface area contributed by atoms with E-state index in [1.165, 1.54) is 11.1 Å². The van der Waals surface area contributed by atoms with E-state index in [0.29, 0.717) is 11.8 Å². The van der Waals surface area contributed by atoms with Crippen LogP contribution in [0.2, 0.25) is 0 Å². The molecule has 1 aromatic rings. The monoisotopic (exact) mass is 272 g/mol. The molecule has 1 aromatic carbocycles. The maximum absolute atomic E-state index is 12.8. The molecule has 1 amide bonds. The zero-order valence-electron chi connectivity index (χ0n) is 12.4. The van der Waals surface area contributed by atoms with Gasteiger partial charge in [0.2, 0.25) is 5.91 Å². The van der Waals surface area contributed by atoms with E-state index in [1.807, 2.05) is 6.07 Å². The van der Waals surface area contributed by atoms with Gasteiger partial charge in [-0.15, -0.1) is 0 Å². The molecule has 2 heterocycles. The first-order valence-electron chi connectivity index (χ1n) is 7.77. The van der Waals surface area contributed by atoms with Gasteiger partial charge in [0.25, 0.3) is 0 Å². The highest BCUT2D eigenvalue weighted by Crippen LogP contribution is 2.29. The highest BCUT2D eigenvalue weighted by Gasteiger charge is 2.34. The molecule has 3 rings (SSSR count). The summed E-state index contributed by atoms with van der Waals surface area (Å²) in [6, 6.07) is 8.21. The van der Waals surface area contributed by atoms with E-state index < -0.39 is 0 Å². The van der Waals surface area contributed by atoms with E-state index in [9.17, 15) is 4.79 Å². The lowest BCUT2D eigenvalue weighted by molar-refractivity contribution is -0.132. The Morgan fingerprint density at radius 3 is 2.90 bits per heavy atom. The van der Waals surface area contributed by atoms with Crippen LogP contribution in [-0.4, -0.2) is 30.4 Å². The van der Waals surface area contributed by atoms with Crippen molar-refractivity contribution in [2.45, 2.75) is 32.7 Å². The van der Waals surface area contributed by atoms with Gasteiger partial charge >= 0.3 is 0 Å². The lowest BCUT2D eigenvalue weighted by atomic mass is 9.93. The topological polar surface area (TPSA) is 32.3 Å². The molecule has 108 valence electrons. The molecule has 2 unspecified atom stereocenters. The second kappa shape index (κ2) is 5.57. The summed E-state index contributed by atoms with van der Waals surface area (Å²) < 4.78 is 0. The summed E-state index contributed by atoms with van der Waals surface area (Å²) in [4.78, 5) is 14.9. The molecule has 2 atom stereocenters. The van der Waals surface area contributed by atoms with Crippen molar-refractivity contribution in [3.63, 3.8) is 0 Å². The Balaban J connectivity index is 1.76. The number of carbonyl (C=O) groups is 1. The van der Waals surface area contributed by atoms with Crippen LogP contribution >= 0.6 is 0 Å². The van der Waals surface area contributed by atoms with Crippen molar-refractivity contribution in [2.75, 3.05) is 19.6 Å². The zero-order valence-corrected chi connectivity index (χ0v) is 12.4. The molecule has 2 aliphatic rings. The largest absolute Gasteiger partial charge is 0.341 e. The SMILES string of the molecule is CC(C)C1CCN(C(=O)C2NCCc3ccccc32)C1. The number of fused-ring (bicyclic) bond motifs is 1. The zero-order chi connectivity index (χ0) is 14.1. The van der Waals surface area contributed by atoms with Gasteiger partial charge in [-0.3, -0.25) is 4.79 Å². The Labute approximate surface area is 121 Å². The maximum Gasteiger partial charge on any atom is 0.244 e. The van der Waals surface area contributed by atoms with E-state index in [4.69, 9.17) is 0 Å². The van der Waals surface area contributed by atoms with Gasteiger partial charge in [-0.1, -0.05) is 38.1 Å². The van der Waals surface area contributed by atoms with Crippen molar-refractivity contribution in [2.24, 2.45) is 11.8 Å². The van der Waals surface area contributed by atoms with Gasteiger partial charge in [0.05, 0.1) is 0 Å². The van der Waals surface area contributed by atoms with Crippen LogP contribution in [0.25, 0.3) is 0 Å². The van der Waals surface area contributed by atoms with Crippen LogP contribution in [0.4, 0.5) is 0 Å². The summed E-state index contributed by atoms with van der Waals surface area (Å²) in [6.07, 6.45) is 2.17. The summed E-state index contributed by atoms with van der Waals surface area (Å²) in [5, 5.41) is 3.40. The van der Waals surface area contributed by atoms with Crippen molar-refractivity contribution in [1.29, 1.82) is 0 Å². The van der Waals surface area contributed by atoms with Gasteiger partial charge in [0, 0.05) is 19.6 Å². The first kappa shape index (κ1) is 13.6. The highest BCUT2D eigenvalue weighted by atomic mass is 16.2. The fraction of sp³-hybridized carbons (Fsp3) is 0.588. The first-order valence-corrected chi connectivity index (χ1v) is 7.77. The number of nitrogens with one attached hydrogen (secondary N) is 1. The van der Waals surface area contributed by atoms with Crippen molar-refractivity contribution in [1.82, 2.24) is 10.2 Å². The molecule has 3 heteroatoms. The smallest absolute Gasteiger partial charge is 0.244 e. The molecule has 1 N–H and O–H groups in total. The van der Waals surface area contributed by atoms with Gasteiger partial charge in [0.15, 0.2) is 0 Å². The third kappa shape index (κ3) is 2.47. The Bertz CT molecular complexity index is 498. The highest BCUT2D eigenvalue weighted by molar-refractivity contribution is 5.84. The van der Waals surface area contributed by atoms with Crippen LogP contribution in [0.5, 0.6) is 0 Å². The van der Waals surface area contributed by atoms with E-state index in [-0.39, 0.29) is 11.9 Å². The van der Waals surface area contributed by atoms with Crippen LogP contribution in [0.15, 0.2) is 24.3 Å². The lowest BCUT2D eigenvalue weighted by Gasteiger charge is -2.29. The van der Waals surface area contributed by atoms with Crippen molar-refractivity contribution in [3.05, 3.63) is 35.4 Å². The van der Waals surface area contributed by atoms with Crippen molar-refractivity contribution >= 4 is 5.91 Å². The fourth-order valence-electron chi connectivity index (χ4n) is 3.44. The summed E-state index contributed by atoms with van der Waals surface area (Å²) in [5.41, 5.74) is 2.50. The number of likely N-dealkylation sites (tertiary alicyclic amines) is 1. The van der Waals surface area contributed by atoms with Crippen LogP contribution in [0, 0.1) is 11.8 Å². The minimum Gasteiger partial charge on any atom is -0.341 e. The van der Waals surface area contributed by atoms with E-state index in [0.717, 1.165) is 32.5 Å². The normalized spacial score (nSPS) is 25.9. The van der Waals surface area contributed by atoms with Crippen molar-refractivity contribution in [3.8, 4) is 0 Å². The molecule has 0 spiro atoms. The van der Waals surface area contributed by atoms with Crippen LogP contribution in [0.1, 0.15) is 37.4 Å². The summed E-state index contributed by atoms with van der Waals surface area (Å²) in [7, 11) is 0. The average Bonchev–Trinajstić information content (AvgIpc) is 2.96. The number of hydrogen-bond donors (Lipinski definition) is 1. The van der Waals surface area contributed by atoms with Crippen molar-refractivity contribution < 1.29 is 4.79 Å². The summed E-state index contributed by atoms with van der Waals surface area (Å²) >= 11 is 0. The molecule has 3 nitrogen and oxygen atoms in total. The Hall–Kier alpha value is -1.35. The third-order valence-corrected chi connectivity index (χ3v) is 4.84. The minimum absolute atomic E-state index is 0.133. The van der Waals surface area contributed by atoms with Crippen LogP contribution in [0.3, 0.4) is 0 Å². The number of hydrogen-bond acceptors (Lipinski definition) is 2. The maximum atomic E-state index is 12.8. The number of benzene rings is 1. The Morgan fingerprint density at radius 2 is 2.15 bits per heavy atom. The van der Waals surface area contributed by atoms with Gasteiger partial charge in [-0.05, 0) is 35.8 Å². The third-order valence-electron chi connectivity index (χ3n) is 4.84. The predicted octanol–water partition coefficient (Wildman–Crippen LogP) is 2.38. The first-order chi connectivity index (χ1) is 9.66. The fourth-order valence-corrected chi connectivity index (χ4v) is 3.44. The lowest BCUT2D eigenvalue weighted by Crippen LogP contribution is -2.43. The van der Waals surface area contributed by atoms with Crippen LogP contribution < -0.4 is 5.32 Å². The number of rotatable bonds is 2. The molecule has 0 radical (unpaired) electrons. The molecule has 0 aromatic heterocycles. The van der Waals surface area contributed by atoms with Gasteiger partial charge in [-0.2, -0.15) is 0 Å². The summed E-state index contributed by atoms with van der Waals surface area (Å²) in [5.74, 6) is 1.59. The Morgan fingerprint density at radius 1 is 1.35 bits per heavy atom. The predicted molar refractivity (Wildman–Crippen MR) is 80.4 cm³/mol. The number of amides is 1. The molecule has 1 fully saturated rings. The molecule has 0 aliphatic carbocycles. The van der Waals surface area contributed by atoms with Crippen LogP contribution in [-0.2, 0) is 11.2 Å². The number of nitrogens with zero attached hydrogens (tertiary/aromatic N) is 1. The van der Waals surface area contributed by atoms with E-state index in [1.54, 1.807) is 0 Å². The summed E-state index contributed by atoms with van der Waals surface area (Å²) in [6.45, 7) is 7.26. The van der Waals surface area contributed by atoms with Gasteiger partial charge in [0.1, 0.15) is 6.04 Å². The molecule has 1 saturated heterocycles. The average molecular weight is 272 g/mol. The van der Waals surface area contributed by atoms with Gasteiger partial charge in [-0.25, -0.2) is 0 Å². The quantitative estimate of drug-likeness (QED) is 0.896.